The molecule has 0 spiro atoms. The molecule has 1 aliphatic rings. The van der Waals surface area contributed by atoms with E-state index in [1.807, 2.05) is 0 Å². The molecule has 2 rings (SSSR count). The molecule has 6 heteroatoms. The monoisotopic (exact) mass is 213 g/mol. The summed E-state index contributed by atoms with van der Waals surface area (Å²) in [6, 6.07) is 5.89. The Balaban J connectivity index is 2.57. The summed E-state index contributed by atoms with van der Waals surface area (Å²) in [5.74, 6) is -0.0619. The minimum atomic E-state index is -3.88. The molecule has 15 heavy (non-hydrogen) atoms. The van der Waals surface area contributed by atoms with Gasteiger partial charge in [-0.3, -0.25) is 10.1 Å². The van der Waals surface area contributed by atoms with E-state index in [4.69, 9.17) is 0 Å². The SMILES string of the molecule is O=[N+]([O-])C1=Cc2ccccc2OC1(F)F. The van der Waals surface area contributed by atoms with Crippen LogP contribution in [-0.4, -0.2) is 11.0 Å². The number of benzene rings is 1. The number of fused-ring (bicyclic) bond motifs is 1. The van der Waals surface area contributed by atoms with Crippen molar-refractivity contribution in [1.29, 1.82) is 0 Å². The van der Waals surface area contributed by atoms with Gasteiger partial charge < -0.3 is 4.74 Å². The molecule has 0 aromatic heterocycles. The number of rotatable bonds is 1. The second kappa shape index (κ2) is 3.01. The molecule has 0 saturated carbocycles. The molecule has 4 nitrogen and oxygen atoms in total. The fraction of sp³-hybridized carbons (Fsp3) is 0.111. The van der Waals surface area contributed by atoms with Crippen LogP contribution < -0.4 is 4.74 Å². The number of ether oxygens (including phenoxy) is 1. The minimum Gasteiger partial charge on any atom is -0.424 e. The summed E-state index contributed by atoms with van der Waals surface area (Å²) in [6.45, 7) is 0. The highest BCUT2D eigenvalue weighted by molar-refractivity contribution is 5.61. The van der Waals surface area contributed by atoms with Crippen LogP contribution in [0.15, 0.2) is 30.0 Å². The molecule has 0 bridgehead atoms. The van der Waals surface area contributed by atoms with E-state index in [1.54, 1.807) is 6.07 Å². The third kappa shape index (κ3) is 1.54. The van der Waals surface area contributed by atoms with E-state index in [-0.39, 0.29) is 11.3 Å². The van der Waals surface area contributed by atoms with Gasteiger partial charge in [0, 0.05) is 11.6 Å². The molecule has 1 aromatic rings. The van der Waals surface area contributed by atoms with Crippen molar-refractivity contribution in [2.45, 2.75) is 6.11 Å². The fourth-order valence-electron chi connectivity index (χ4n) is 1.27. The van der Waals surface area contributed by atoms with Gasteiger partial charge in [0.2, 0.25) is 0 Å². The third-order valence-corrected chi connectivity index (χ3v) is 1.94. The maximum Gasteiger partial charge on any atom is 0.494 e. The second-order valence-electron chi connectivity index (χ2n) is 2.94. The van der Waals surface area contributed by atoms with Crippen molar-refractivity contribution in [2.24, 2.45) is 0 Å². The van der Waals surface area contributed by atoms with Crippen molar-refractivity contribution in [3.63, 3.8) is 0 Å². The van der Waals surface area contributed by atoms with Crippen LogP contribution in [0.5, 0.6) is 5.75 Å². The Bertz CT molecular complexity index is 456. The molecular formula is C9H5F2NO3. The van der Waals surface area contributed by atoms with Gasteiger partial charge in [-0.05, 0) is 6.07 Å². The van der Waals surface area contributed by atoms with Crippen molar-refractivity contribution in [2.75, 3.05) is 0 Å². The van der Waals surface area contributed by atoms with Gasteiger partial charge in [-0.15, -0.1) is 0 Å². The number of para-hydroxylation sites is 1. The summed E-state index contributed by atoms with van der Waals surface area (Å²) in [5.41, 5.74) is -0.976. The van der Waals surface area contributed by atoms with Crippen LogP contribution in [-0.2, 0) is 0 Å². The maximum atomic E-state index is 13.1. The molecule has 1 aliphatic heterocycles. The molecule has 78 valence electrons. The van der Waals surface area contributed by atoms with Crippen LogP contribution >= 0.6 is 0 Å². The Labute approximate surface area is 82.9 Å². The van der Waals surface area contributed by atoms with Crippen molar-refractivity contribution in [3.8, 4) is 5.75 Å². The summed E-state index contributed by atoms with van der Waals surface area (Å²) < 4.78 is 30.4. The molecule has 0 saturated heterocycles. The van der Waals surface area contributed by atoms with Gasteiger partial charge in [0.25, 0.3) is 0 Å². The van der Waals surface area contributed by atoms with Crippen LogP contribution in [0, 0.1) is 10.1 Å². The number of halogens is 2. The molecule has 0 radical (unpaired) electrons. The largest absolute Gasteiger partial charge is 0.494 e. The first-order valence-corrected chi connectivity index (χ1v) is 4.03. The van der Waals surface area contributed by atoms with Crippen LogP contribution in [0.2, 0.25) is 0 Å². The Morgan fingerprint density at radius 3 is 2.67 bits per heavy atom. The maximum absolute atomic E-state index is 13.1. The first-order chi connectivity index (χ1) is 7.00. The van der Waals surface area contributed by atoms with Crippen molar-refractivity contribution in [3.05, 3.63) is 45.6 Å². The lowest BCUT2D eigenvalue weighted by molar-refractivity contribution is -0.462. The molecule has 0 fully saturated rings. The van der Waals surface area contributed by atoms with Crippen molar-refractivity contribution >= 4 is 6.08 Å². The number of nitro groups is 1. The normalized spacial score (nSPS) is 17.3. The first kappa shape index (κ1) is 9.57. The van der Waals surface area contributed by atoms with E-state index in [0.717, 1.165) is 6.08 Å². The number of nitrogens with zero attached hydrogens (tertiary/aromatic N) is 1. The molecule has 0 atom stereocenters. The molecule has 0 aliphatic carbocycles. The second-order valence-corrected chi connectivity index (χ2v) is 2.94. The summed E-state index contributed by atoms with van der Waals surface area (Å²) >= 11 is 0. The first-order valence-electron chi connectivity index (χ1n) is 4.03. The van der Waals surface area contributed by atoms with E-state index in [0.29, 0.717) is 0 Å². The standard InChI is InChI=1S/C9H5F2NO3/c10-9(11)8(12(13)14)5-6-3-1-2-4-7(6)15-9/h1-5H. The van der Waals surface area contributed by atoms with Gasteiger partial charge >= 0.3 is 11.8 Å². The van der Waals surface area contributed by atoms with Gasteiger partial charge in [0.15, 0.2) is 0 Å². The molecular weight excluding hydrogens is 208 g/mol. The van der Waals surface area contributed by atoms with Gasteiger partial charge in [0.05, 0.1) is 4.92 Å². The lowest BCUT2D eigenvalue weighted by Gasteiger charge is -2.20. The zero-order valence-electron chi connectivity index (χ0n) is 7.31. The average Bonchev–Trinajstić information content (AvgIpc) is 2.14. The average molecular weight is 213 g/mol. The van der Waals surface area contributed by atoms with Crippen LogP contribution in [0.25, 0.3) is 6.08 Å². The number of hydrogen-bond donors (Lipinski definition) is 0. The lowest BCUT2D eigenvalue weighted by Crippen LogP contribution is -2.33. The van der Waals surface area contributed by atoms with E-state index in [1.165, 1.54) is 18.2 Å². The topological polar surface area (TPSA) is 52.4 Å². The Morgan fingerprint density at radius 2 is 2.00 bits per heavy atom. The van der Waals surface area contributed by atoms with E-state index >= 15 is 0 Å². The number of alkyl halides is 2. The Morgan fingerprint density at radius 1 is 1.33 bits per heavy atom. The van der Waals surface area contributed by atoms with E-state index < -0.39 is 16.7 Å². The predicted molar refractivity (Wildman–Crippen MR) is 47.0 cm³/mol. The molecule has 0 amide bonds. The third-order valence-electron chi connectivity index (χ3n) is 1.94. The summed E-state index contributed by atoms with van der Waals surface area (Å²) in [7, 11) is 0. The highest BCUT2D eigenvalue weighted by atomic mass is 19.3. The van der Waals surface area contributed by atoms with E-state index in [2.05, 4.69) is 4.74 Å². The zero-order chi connectivity index (χ0) is 11.1. The minimum absolute atomic E-state index is 0.0619. The molecule has 1 aromatic carbocycles. The Kier molecular flexibility index (Phi) is 1.92. The van der Waals surface area contributed by atoms with Crippen LogP contribution in [0.3, 0.4) is 0 Å². The lowest BCUT2D eigenvalue weighted by atomic mass is 10.1. The highest BCUT2D eigenvalue weighted by Crippen LogP contribution is 2.37. The smallest absolute Gasteiger partial charge is 0.424 e. The summed E-state index contributed by atoms with van der Waals surface area (Å²) in [5, 5.41) is 10.4. The highest BCUT2D eigenvalue weighted by Gasteiger charge is 2.49. The van der Waals surface area contributed by atoms with Gasteiger partial charge in [0.1, 0.15) is 5.75 Å². The van der Waals surface area contributed by atoms with E-state index in [9.17, 15) is 18.9 Å². The van der Waals surface area contributed by atoms with Crippen LogP contribution in [0.4, 0.5) is 8.78 Å². The quantitative estimate of drug-likeness (QED) is 0.531. The van der Waals surface area contributed by atoms with Crippen molar-refractivity contribution in [1.82, 2.24) is 0 Å². The predicted octanol–water partition coefficient (Wildman–Crippen LogP) is 2.29. The van der Waals surface area contributed by atoms with Crippen LogP contribution in [0.1, 0.15) is 5.56 Å². The molecule has 0 N–H and O–H groups in total. The summed E-state index contributed by atoms with van der Waals surface area (Å²) in [6.07, 6.45) is -3.06. The van der Waals surface area contributed by atoms with Crippen molar-refractivity contribution < 1.29 is 18.4 Å². The van der Waals surface area contributed by atoms with Gasteiger partial charge in [-0.1, -0.05) is 18.2 Å². The summed E-state index contributed by atoms with van der Waals surface area (Å²) in [4.78, 5) is 9.21. The van der Waals surface area contributed by atoms with Gasteiger partial charge in [-0.2, -0.15) is 8.78 Å². The fourth-order valence-corrected chi connectivity index (χ4v) is 1.27. The van der Waals surface area contributed by atoms with Gasteiger partial charge in [-0.25, -0.2) is 0 Å². The zero-order valence-corrected chi connectivity index (χ0v) is 7.31. The molecule has 0 unspecified atom stereocenters. The number of hydrogen-bond acceptors (Lipinski definition) is 3. The molecule has 1 heterocycles. The Hall–Kier alpha value is -1.98.